The van der Waals surface area contributed by atoms with Gasteiger partial charge in [-0.1, -0.05) is 6.07 Å². The first-order valence-corrected chi connectivity index (χ1v) is 8.50. The maximum Gasteiger partial charge on any atom is 0.320 e. The van der Waals surface area contributed by atoms with Crippen molar-refractivity contribution in [1.82, 2.24) is 0 Å². The highest BCUT2D eigenvalue weighted by atomic mass is 35.5. The number of hydrogen-bond donors (Lipinski definition) is 1. The number of halogens is 2. The van der Waals surface area contributed by atoms with Crippen LogP contribution in [0.15, 0.2) is 41.8 Å². The van der Waals surface area contributed by atoms with Gasteiger partial charge in [-0.15, -0.1) is 34.5 Å². The second kappa shape index (κ2) is 5.82. The Hall–Kier alpha value is -1.56. The van der Waals surface area contributed by atoms with Crippen molar-refractivity contribution in [3.8, 4) is 5.75 Å². The second-order valence-corrected chi connectivity index (χ2v) is 7.99. The molecule has 23 heavy (non-hydrogen) atoms. The first-order chi connectivity index (χ1) is 10.8. The number of anilines is 1. The number of nitrogens with one attached hydrogen (secondary N) is 1. The number of ether oxygens (including phenoxy) is 1. The molecular formula is C16H13Cl2NO3S. The Bertz CT molecular complexity index is 743. The number of benzene rings is 1. The van der Waals surface area contributed by atoms with Gasteiger partial charge in [0.05, 0.1) is 4.88 Å². The molecule has 0 saturated heterocycles. The van der Waals surface area contributed by atoms with Gasteiger partial charge >= 0.3 is 5.97 Å². The predicted molar refractivity (Wildman–Crippen MR) is 91.5 cm³/mol. The molecule has 1 N–H and O–H groups in total. The van der Waals surface area contributed by atoms with Crippen molar-refractivity contribution in [1.29, 1.82) is 0 Å². The molecular weight excluding hydrogens is 357 g/mol. The molecule has 1 unspecified atom stereocenters. The highest BCUT2D eigenvalue weighted by Gasteiger charge is 2.69. The van der Waals surface area contributed by atoms with E-state index in [4.69, 9.17) is 27.9 Å². The van der Waals surface area contributed by atoms with E-state index in [0.29, 0.717) is 22.7 Å². The number of amides is 1. The third-order valence-electron chi connectivity index (χ3n) is 3.78. The zero-order chi connectivity index (χ0) is 16.7. The van der Waals surface area contributed by atoms with Crippen molar-refractivity contribution in [2.24, 2.45) is 5.41 Å². The molecule has 0 radical (unpaired) electrons. The van der Waals surface area contributed by atoms with Crippen LogP contribution < -0.4 is 10.1 Å². The molecule has 1 fully saturated rings. The van der Waals surface area contributed by atoms with E-state index in [0.717, 1.165) is 0 Å². The smallest absolute Gasteiger partial charge is 0.320 e. The van der Waals surface area contributed by atoms with E-state index in [2.05, 4.69) is 5.32 Å². The monoisotopic (exact) mass is 369 g/mol. The van der Waals surface area contributed by atoms with Crippen molar-refractivity contribution >= 4 is 52.1 Å². The molecule has 1 aliphatic rings. The summed E-state index contributed by atoms with van der Waals surface area (Å²) in [7, 11) is 0. The molecule has 1 aliphatic carbocycles. The first-order valence-electron chi connectivity index (χ1n) is 6.87. The van der Waals surface area contributed by atoms with Gasteiger partial charge in [-0.25, -0.2) is 0 Å². The van der Waals surface area contributed by atoms with Gasteiger partial charge in [0, 0.05) is 12.1 Å². The maximum absolute atomic E-state index is 12.1. The average molecular weight is 370 g/mol. The standard InChI is InChI=1S/C16H13Cl2NO3S/c1-15(9-16(15,17)18)14(21)22-11-6-4-10(5-7-11)19-13(20)12-3-2-8-23-12/h2-8H,9H2,1H3,(H,19,20). The molecule has 3 rings (SSSR count). The summed E-state index contributed by atoms with van der Waals surface area (Å²) in [4.78, 5) is 24.6. The summed E-state index contributed by atoms with van der Waals surface area (Å²) in [6, 6.07) is 10.1. The van der Waals surface area contributed by atoms with Gasteiger partial charge in [-0.05, 0) is 42.6 Å². The molecule has 4 nitrogen and oxygen atoms in total. The van der Waals surface area contributed by atoms with Gasteiger partial charge < -0.3 is 10.1 Å². The summed E-state index contributed by atoms with van der Waals surface area (Å²) in [5.74, 6) is -0.261. The van der Waals surface area contributed by atoms with Crippen molar-refractivity contribution < 1.29 is 14.3 Å². The molecule has 120 valence electrons. The zero-order valence-electron chi connectivity index (χ0n) is 12.1. The van der Waals surface area contributed by atoms with Crippen LogP contribution in [0.2, 0.25) is 0 Å². The van der Waals surface area contributed by atoms with Crippen LogP contribution in [-0.4, -0.2) is 16.2 Å². The van der Waals surface area contributed by atoms with Crippen molar-refractivity contribution in [3.05, 3.63) is 46.7 Å². The minimum atomic E-state index is -1.06. The predicted octanol–water partition coefficient (Wildman–Crippen LogP) is 4.49. The van der Waals surface area contributed by atoms with Crippen LogP contribution in [0.4, 0.5) is 5.69 Å². The van der Waals surface area contributed by atoms with Crippen molar-refractivity contribution in [3.63, 3.8) is 0 Å². The Morgan fingerprint density at radius 3 is 2.39 bits per heavy atom. The summed E-state index contributed by atoms with van der Waals surface area (Å²) in [6.45, 7) is 1.67. The summed E-state index contributed by atoms with van der Waals surface area (Å²) < 4.78 is 4.23. The molecule has 1 amide bonds. The molecule has 1 aromatic carbocycles. The third kappa shape index (κ3) is 3.22. The Balaban J connectivity index is 1.62. The Morgan fingerprint density at radius 2 is 1.87 bits per heavy atom. The lowest BCUT2D eigenvalue weighted by Crippen LogP contribution is -2.23. The molecule has 7 heteroatoms. The number of thiophene rings is 1. The van der Waals surface area contributed by atoms with E-state index in [1.807, 2.05) is 11.4 Å². The third-order valence-corrected chi connectivity index (χ3v) is 5.75. The fourth-order valence-electron chi connectivity index (χ4n) is 2.05. The van der Waals surface area contributed by atoms with Crippen LogP contribution in [0.25, 0.3) is 0 Å². The SMILES string of the molecule is CC1(C(=O)Oc2ccc(NC(=O)c3cccs3)cc2)CC1(Cl)Cl. The van der Waals surface area contributed by atoms with Crippen LogP contribution in [0.3, 0.4) is 0 Å². The van der Waals surface area contributed by atoms with E-state index in [-0.39, 0.29) is 5.91 Å². The van der Waals surface area contributed by atoms with Gasteiger partial charge in [-0.2, -0.15) is 0 Å². The molecule has 1 aromatic heterocycles. The normalized spacial score (nSPS) is 21.5. The minimum absolute atomic E-state index is 0.177. The number of hydrogen-bond acceptors (Lipinski definition) is 4. The van der Waals surface area contributed by atoms with Crippen LogP contribution >= 0.6 is 34.5 Å². The highest BCUT2D eigenvalue weighted by Crippen LogP contribution is 2.64. The van der Waals surface area contributed by atoms with Gasteiger partial charge in [0.1, 0.15) is 15.5 Å². The van der Waals surface area contributed by atoms with E-state index in [9.17, 15) is 9.59 Å². The first kappa shape index (κ1) is 16.3. The van der Waals surface area contributed by atoms with E-state index in [1.165, 1.54) is 11.3 Å². The summed E-state index contributed by atoms with van der Waals surface area (Å²) in [6.07, 6.45) is 0.372. The number of alkyl halides is 2. The minimum Gasteiger partial charge on any atom is -0.426 e. The Morgan fingerprint density at radius 1 is 1.22 bits per heavy atom. The summed E-state index contributed by atoms with van der Waals surface area (Å²) in [5.41, 5.74) is -0.257. The van der Waals surface area contributed by atoms with E-state index >= 15 is 0 Å². The molecule has 0 aliphatic heterocycles. The Kier molecular flexibility index (Phi) is 4.12. The summed E-state index contributed by atoms with van der Waals surface area (Å²) >= 11 is 13.3. The largest absolute Gasteiger partial charge is 0.426 e. The van der Waals surface area contributed by atoms with Gasteiger partial charge in [0.2, 0.25) is 0 Å². The van der Waals surface area contributed by atoms with Crippen LogP contribution in [0.5, 0.6) is 5.75 Å². The molecule has 1 atom stereocenters. The summed E-state index contributed by atoms with van der Waals surface area (Å²) in [5, 5.41) is 4.61. The van der Waals surface area contributed by atoms with Gasteiger partial charge in [0.25, 0.3) is 5.91 Å². The topological polar surface area (TPSA) is 55.4 Å². The van der Waals surface area contributed by atoms with Crippen molar-refractivity contribution in [2.75, 3.05) is 5.32 Å². The van der Waals surface area contributed by atoms with Gasteiger partial charge in [-0.3, -0.25) is 9.59 Å². The lowest BCUT2D eigenvalue weighted by Gasteiger charge is -2.12. The number of esters is 1. The van der Waals surface area contributed by atoms with Crippen LogP contribution in [0, 0.1) is 5.41 Å². The lowest BCUT2D eigenvalue weighted by atomic mass is 10.1. The molecule has 1 heterocycles. The average Bonchev–Trinajstić information content (AvgIpc) is 2.89. The van der Waals surface area contributed by atoms with Gasteiger partial charge in [0.15, 0.2) is 0 Å². The molecule has 0 bridgehead atoms. The molecule has 0 spiro atoms. The second-order valence-electron chi connectivity index (χ2n) is 5.56. The fourth-order valence-corrected chi connectivity index (χ4v) is 3.36. The quantitative estimate of drug-likeness (QED) is 0.490. The Labute approximate surface area is 147 Å². The molecule has 1 saturated carbocycles. The fraction of sp³-hybridized carbons (Fsp3) is 0.250. The van der Waals surface area contributed by atoms with E-state index in [1.54, 1.807) is 37.3 Å². The number of carbonyl (C=O) groups is 2. The lowest BCUT2D eigenvalue weighted by molar-refractivity contribution is -0.139. The van der Waals surface area contributed by atoms with Crippen LogP contribution in [0.1, 0.15) is 23.0 Å². The number of carbonyl (C=O) groups excluding carboxylic acids is 2. The maximum atomic E-state index is 12.1. The molecule has 2 aromatic rings. The van der Waals surface area contributed by atoms with Crippen molar-refractivity contribution in [2.45, 2.75) is 17.7 Å². The number of rotatable bonds is 4. The van der Waals surface area contributed by atoms with E-state index < -0.39 is 15.7 Å². The zero-order valence-corrected chi connectivity index (χ0v) is 14.5. The highest BCUT2D eigenvalue weighted by molar-refractivity contribution is 7.12. The van der Waals surface area contributed by atoms with Crippen LogP contribution in [-0.2, 0) is 4.79 Å².